The zero-order valence-electron chi connectivity index (χ0n) is 15.6. The maximum atomic E-state index is 10.3. The quantitative estimate of drug-likeness (QED) is 0.370. The smallest absolute Gasteiger partial charge is 0.212 e. The number of carbonyl (C=O) groups excluding carboxylic acids is 1. The van der Waals surface area contributed by atoms with E-state index in [2.05, 4.69) is 9.97 Å². The maximum absolute atomic E-state index is 10.3. The monoisotopic (exact) mass is 364 g/mol. The molecule has 1 aromatic carbocycles. The molecule has 27 heavy (non-hydrogen) atoms. The number of aryl methyl sites for hydroxylation is 1. The molecule has 3 rings (SSSR count). The summed E-state index contributed by atoms with van der Waals surface area (Å²) in [5, 5.41) is 0. The molecule has 0 unspecified atom stereocenters. The number of hydrogen-bond donors (Lipinski definition) is 0. The van der Waals surface area contributed by atoms with Crippen molar-refractivity contribution in [2.75, 3.05) is 7.11 Å². The number of aldehydes is 1. The second kappa shape index (κ2) is 9.67. The number of rotatable bonds is 10. The summed E-state index contributed by atoms with van der Waals surface area (Å²) in [4.78, 5) is 18.9. The SMILES string of the molecule is COc1ccc(-c2ccc(-c3cnc(CCCCCCC=O)o3)cc2)cn1. The van der Waals surface area contributed by atoms with E-state index in [-0.39, 0.29) is 0 Å². The summed E-state index contributed by atoms with van der Waals surface area (Å²) in [7, 11) is 1.61. The Bertz CT molecular complexity index is 839. The molecule has 2 aromatic heterocycles. The van der Waals surface area contributed by atoms with Crippen LogP contribution in [0.5, 0.6) is 5.88 Å². The second-order valence-corrected chi connectivity index (χ2v) is 6.40. The third-order valence-corrected chi connectivity index (χ3v) is 4.46. The minimum Gasteiger partial charge on any atom is -0.481 e. The summed E-state index contributed by atoms with van der Waals surface area (Å²) >= 11 is 0. The predicted molar refractivity (Wildman–Crippen MR) is 105 cm³/mol. The lowest BCUT2D eigenvalue weighted by Gasteiger charge is -2.04. The van der Waals surface area contributed by atoms with E-state index >= 15 is 0 Å². The Morgan fingerprint density at radius 2 is 1.63 bits per heavy atom. The first-order valence-corrected chi connectivity index (χ1v) is 9.29. The van der Waals surface area contributed by atoms with Crippen LogP contribution in [-0.2, 0) is 11.2 Å². The topological polar surface area (TPSA) is 65.2 Å². The lowest BCUT2D eigenvalue weighted by atomic mass is 10.1. The number of hydrogen-bond acceptors (Lipinski definition) is 5. The standard InChI is InChI=1S/C22H24N2O3/c1-26-21-13-12-19(15-23-21)17-8-10-18(11-9-17)20-16-24-22(27-20)7-5-3-2-4-6-14-25/h8-16H,2-7H2,1H3. The lowest BCUT2D eigenvalue weighted by Crippen LogP contribution is -1.87. The van der Waals surface area contributed by atoms with Gasteiger partial charge < -0.3 is 13.9 Å². The van der Waals surface area contributed by atoms with Crippen molar-refractivity contribution in [1.29, 1.82) is 0 Å². The summed E-state index contributed by atoms with van der Waals surface area (Å²) in [6.45, 7) is 0. The van der Waals surface area contributed by atoms with Crippen LogP contribution in [0.1, 0.15) is 38.0 Å². The molecule has 5 nitrogen and oxygen atoms in total. The van der Waals surface area contributed by atoms with Gasteiger partial charge in [-0.15, -0.1) is 0 Å². The predicted octanol–water partition coefficient (Wildman–Crippen LogP) is 5.10. The van der Waals surface area contributed by atoms with E-state index in [1.165, 1.54) is 0 Å². The molecule has 0 atom stereocenters. The molecule has 5 heteroatoms. The highest BCUT2D eigenvalue weighted by molar-refractivity contribution is 5.67. The van der Waals surface area contributed by atoms with Gasteiger partial charge in [0, 0.05) is 36.2 Å². The van der Waals surface area contributed by atoms with Gasteiger partial charge in [0.05, 0.1) is 13.3 Å². The molecule has 0 radical (unpaired) electrons. The van der Waals surface area contributed by atoms with Crippen molar-refractivity contribution in [3.8, 4) is 28.3 Å². The number of benzene rings is 1. The van der Waals surface area contributed by atoms with E-state index in [1.54, 1.807) is 19.5 Å². The molecule has 140 valence electrons. The molecular formula is C22H24N2O3. The first kappa shape index (κ1) is 18.8. The van der Waals surface area contributed by atoms with Crippen LogP contribution in [0.3, 0.4) is 0 Å². The Hall–Kier alpha value is -2.95. The molecule has 0 N–H and O–H groups in total. The van der Waals surface area contributed by atoms with Gasteiger partial charge in [-0.05, 0) is 24.5 Å². The summed E-state index contributed by atoms with van der Waals surface area (Å²) in [6.07, 6.45) is 10.2. The molecule has 0 fully saturated rings. The second-order valence-electron chi connectivity index (χ2n) is 6.40. The summed E-state index contributed by atoms with van der Waals surface area (Å²) in [6, 6.07) is 12.0. The molecule has 0 saturated carbocycles. The van der Waals surface area contributed by atoms with Gasteiger partial charge in [0.15, 0.2) is 11.7 Å². The molecule has 0 spiro atoms. The average Bonchev–Trinajstić information content (AvgIpc) is 3.20. The van der Waals surface area contributed by atoms with Crippen molar-refractivity contribution in [2.45, 2.75) is 38.5 Å². The molecule has 2 heterocycles. The number of carbonyl (C=O) groups is 1. The Kier molecular flexibility index (Phi) is 6.74. The number of nitrogens with zero attached hydrogens (tertiary/aromatic N) is 2. The van der Waals surface area contributed by atoms with Crippen LogP contribution in [0.4, 0.5) is 0 Å². The van der Waals surface area contributed by atoms with E-state index in [0.717, 1.165) is 66.7 Å². The fraction of sp³-hybridized carbons (Fsp3) is 0.318. The Labute approximate surface area is 159 Å². The van der Waals surface area contributed by atoms with Gasteiger partial charge in [0.25, 0.3) is 0 Å². The van der Waals surface area contributed by atoms with Gasteiger partial charge in [0.1, 0.15) is 6.29 Å². The van der Waals surface area contributed by atoms with Crippen LogP contribution in [0, 0.1) is 0 Å². The van der Waals surface area contributed by atoms with Crippen LogP contribution in [0.25, 0.3) is 22.5 Å². The van der Waals surface area contributed by atoms with Crippen LogP contribution in [0.2, 0.25) is 0 Å². The minimum absolute atomic E-state index is 0.605. The molecule has 3 aromatic rings. The van der Waals surface area contributed by atoms with Crippen LogP contribution in [0.15, 0.2) is 53.2 Å². The minimum atomic E-state index is 0.605. The Morgan fingerprint density at radius 1 is 0.889 bits per heavy atom. The van der Waals surface area contributed by atoms with Crippen molar-refractivity contribution in [3.05, 3.63) is 54.7 Å². The zero-order valence-corrected chi connectivity index (χ0v) is 15.6. The first-order chi connectivity index (χ1) is 13.3. The molecule has 0 aliphatic heterocycles. The Morgan fingerprint density at radius 3 is 2.33 bits per heavy atom. The molecular weight excluding hydrogens is 340 g/mol. The highest BCUT2D eigenvalue weighted by atomic mass is 16.5. The van der Waals surface area contributed by atoms with Gasteiger partial charge in [-0.1, -0.05) is 37.1 Å². The fourth-order valence-corrected chi connectivity index (χ4v) is 2.92. The number of pyridine rings is 1. The van der Waals surface area contributed by atoms with Crippen molar-refractivity contribution in [3.63, 3.8) is 0 Å². The molecule has 0 amide bonds. The summed E-state index contributed by atoms with van der Waals surface area (Å²) in [5.74, 6) is 2.16. The van der Waals surface area contributed by atoms with Crippen molar-refractivity contribution < 1.29 is 13.9 Å². The van der Waals surface area contributed by atoms with E-state index in [0.29, 0.717) is 12.3 Å². The third kappa shape index (κ3) is 5.26. The van der Waals surface area contributed by atoms with Crippen LogP contribution in [-0.4, -0.2) is 23.4 Å². The first-order valence-electron chi connectivity index (χ1n) is 9.29. The summed E-state index contributed by atoms with van der Waals surface area (Å²) < 4.78 is 11.0. The number of methoxy groups -OCH3 is 1. The van der Waals surface area contributed by atoms with Gasteiger partial charge >= 0.3 is 0 Å². The van der Waals surface area contributed by atoms with Crippen molar-refractivity contribution in [1.82, 2.24) is 9.97 Å². The Balaban J connectivity index is 1.57. The van der Waals surface area contributed by atoms with Crippen LogP contribution >= 0.6 is 0 Å². The van der Waals surface area contributed by atoms with Gasteiger partial charge in [-0.3, -0.25) is 0 Å². The molecule has 0 saturated heterocycles. The number of ether oxygens (including phenoxy) is 1. The van der Waals surface area contributed by atoms with Crippen molar-refractivity contribution >= 4 is 6.29 Å². The molecule has 0 aliphatic rings. The normalized spacial score (nSPS) is 10.7. The largest absolute Gasteiger partial charge is 0.481 e. The maximum Gasteiger partial charge on any atom is 0.212 e. The van der Waals surface area contributed by atoms with E-state index in [4.69, 9.17) is 9.15 Å². The van der Waals surface area contributed by atoms with E-state index < -0.39 is 0 Å². The highest BCUT2D eigenvalue weighted by Crippen LogP contribution is 2.26. The zero-order chi connectivity index (χ0) is 18.9. The van der Waals surface area contributed by atoms with E-state index in [1.807, 2.05) is 36.4 Å². The third-order valence-electron chi connectivity index (χ3n) is 4.46. The van der Waals surface area contributed by atoms with Gasteiger partial charge in [0.2, 0.25) is 5.88 Å². The van der Waals surface area contributed by atoms with Crippen molar-refractivity contribution in [2.24, 2.45) is 0 Å². The van der Waals surface area contributed by atoms with E-state index in [9.17, 15) is 4.79 Å². The highest BCUT2D eigenvalue weighted by Gasteiger charge is 2.07. The van der Waals surface area contributed by atoms with Crippen LogP contribution < -0.4 is 4.74 Å². The van der Waals surface area contributed by atoms with Gasteiger partial charge in [-0.25, -0.2) is 9.97 Å². The van der Waals surface area contributed by atoms with Gasteiger partial charge in [-0.2, -0.15) is 0 Å². The molecule has 0 bridgehead atoms. The number of aromatic nitrogens is 2. The average molecular weight is 364 g/mol. The number of unbranched alkanes of at least 4 members (excludes halogenated alkanes) is 4. The summed E-state index contributed by atoms with van der Waals surface area (Å²) in [5.41, 5.74) is 3.13. The molecule has 0 aliphatic carbocycles. The fourth-order valence-electron chi connectivity index (χ4n) is 2.92. The number of oxazole rings is 1. The lowest BCUT2D eigenvalue weighted by molar-refractivity contribution is -0.107.